The van der Waals surface area contributed by atoms with Crippen molar-refractivity contribution in [1.29, 1.82) is 0 Å². The average molecular weight is 314 g/mol. The highest BCUT2D eigenvalue weighted by Crippen LogP contribution is 1.99. The van der Waals surface area contributed by atoms with Gasteiger partial charge in [0.15, 0.2) is 0 Å². The molecule has 0 aliphatic rings. The Kier molecular flexibility index (Phi) is 11.8. The van der Waals surface area contributed by atoms with Crippen molar-refractivity contribution in [2.75, 3.05) is 45.9 Å². The Morgan fingerprint density at radius 3 is 1.23 bits per heavy atom. The smallest absolute Gasteiger partial charge is 0.131 e. The second-order valence-corrected chi connectivity index (χ2v) is 5.76. The van der Waals surface area contributed by atoms with E-state index in [1.807, 2.05) is 4.90 Å². The maximum absolute atomic E-state index is 11.1. The average Bonchev–Trinajstić information content (AvgIpc) is 2.42. The maximum atomic E-state index is 11.1. The van der Waals surface area contributed by atoms with E-state index in [1.165, 1.54) is 0 Å². The summed E-state index contributed by atoms with van der Waals surface area (Å²) in [6, 6.07) is 0. The fraction of sp³-hybridized carbons (Fsp3) is 0.812. The van der Waals surface area contributed by atoms with Crippen LogP contribution in [0.3, 0.4) is 0 Å². The highest BCUT2D eigenvalue weighted by atomic mass is 16.3. The summed E-state index contributed by atoms with van der Waals surface area (Å²) in [5.41, 5.74) is 0. The standard InChI is InChI=1S/C16H30N2O4/c1-14(20)4-7-17(8-5-15(2)21)10-11-18(12-13-19)9-6-16(3)22/h19H,4-13H2,1-3H3. The number of hydrogen-bond donors (Lipinski definition) is 1. The van der Waals surface area contributed by atoms with Gasteiger partial charge in [0.1, 0.15) is 17.3 Å². The monoisotopic (exact) mass is 314 g/mol. The topological polar surface area (TPSA) is 77.9 Å². The number of nitrogens with zero attached hydrogens (tertiary/aromatic N) is 2. The molecule has 0 saturated heterocycles. The first-order valence-corrected chi connectivity index (χ1v) is 7.89. The van der Waals surface area contributed by atoms with Gasteiger partial charge in [0.2, 0.25) is 0 Å². The summed E-state index contributed by atoms with van der Waals surface area (Å²) in [7, 11) is 0. The Balaban J connectivity index is 4.35. The lowest BCUT2D eigenvalue weighted by atomic mass is 10.2. The van der Waals surface area contributed by atoms with Crippen molar-refractivity contribution in [3.05, 3.63) is 0 Å². The summed E-state index contributed by atoms with van der Waals surface area (Å²) in [4.78, 5) is 37.5. The molecule has 6 nitrogen and oxygen atoms in total. The third kappa shape index (κ3) is 12.6. The molecule has 0 saturated carbocycles. The Morgan fingerprint density at radius 2 is 0.955 bits per heavy atom. The van der Waals surface area contributed by atoms with Crippen molar-refractivity contribution in [3.8, 4) is 0 Å². The second kappa shape index (κ2) is 12.4. The third-order valence-corrected chi connectivity index (χ3v) is 3.49. The second-order valence-electron chi connectivity index (χ2n) is 5.76. The molecule has 0 spiro atoms. The molecule has 22 heavy (non-hydrogen) atoms. The van der Waals surface area contributed by atoms with E-state index in [0.717, 1.165) is 6.54 Å². The molecule has 0 aromatic rings. The minimum absolute atomic E-state index is 0.0544. The van der Waals surface area contributed by atoms with E-state index in [0.29, 0.717) is 52.0 Å². The first-order chi connectivity index (χ1) is 10.3. The van der Waals surface area contributed by atoms with Crippen LogP contribution in [0.25, 0.3) is 0 Å². The van der Waals surface area contributed by atoms with Gasteiger partial charge >= 0.3 is 0 Å². The molecule has 0 fully saturated rings. The van der Waals surface area contributed by atoms with Crippen molar-refractivity contribution in [2.24, 2.45) is 0 Å². The van der Waals surface area contributed by atoms with Crippen molar-refractivity contribution in [1.82, 2.24) is 9.80 Å². The van der Waals surface area contributed by atoms with Crippen LogP contribution >= 0.6 is 0 Å². The number of hydrogen-bond acceptors (Lipinski definition) is 6. The predicted molar refractivity (Wildman–Crippen MR) is 85.9 cm³/mol. The molecular formula is C16H30N2O4. The van der Waals surface area contributed by atoms with E-state index in [9.17, 15) is 14.4 Å². The molecule has 0 rings (SSSR count). The van der Waals surface area contributed by atoms with E-state index < -0.39 is 0 Å². The van der Waals surface area contributed by atoms with E-state index in [2.05, 4.69) is 4.90 Å². The largest absolute Gasteiger partial charge is 0.395 e. The van der Waals surface area contributed by atoms with Crippen LogP contribution in [0.5, 0.6) is 0 Å². The molecule has 0 atom stereocenters. The normalized spacial score (nSPS) is 11.2. The van der Waals surface area contributed by atoms with Crippen molar-refractivity contribution < 1.29 is 19.5 Å². The van der Waals surface area contributed by atoms with E-state index in [4.69, 9.17) is 5.11 Å². The van der Waals surface area contributed by atoms with Crippen LogP contribution in [-0.4, -0.2) is 78.1 Å². The SMILES string of the molecule is CC(=O)CCN(CCO)CCN(CCC(C)=O)CCC(C)=O. The Morgan fingerprint density at radius 1 is 0.636 bits per heavy atom. The molecule has 0 heterocycles. The van der Waals surface area contributed by atoms with E-state index in [-0.39, 0.29) is 24.0 Å². The van der Waals surface area contributed by atoms with Crippen LogP contribution in [0.1, 0.15) is 40.0 Å². The van der Waals surface area contributed by atoms with Gasteiger partial charge in [-0.25, -0.2) is 0 Å². The van der Waals surface area contributed by atoms with Gasteiger partial charge in [-0.05, 0) is 20.8 Å². The molecule has 0 aliphatic carbocycles. The van der Waals surface area contributed by atoms with Gasteiger partial charge in [0.05, 0.1) is 6.61 Å². The summed E-state index contributed by atoms with van der Waals surface area (Å²) >= 11 is 0. The van der Waals surface area contributed by atoms with Gasteiger partial charge in [0, 0.05) is 58.5 Å². The van der Waals surface area contributed by atoms with Crippen LogP contribution < -0.4 is 0 Å². The molecule has 0 unspecified atom stereocenters. The Labute approximate surface area is 133 Å². The summed E-state index contributed by atoms with van der Waals surface area (Å²) in [6.45, 7) is 8.61. The fourth-order valence-corrected chi connectivity index (χ4v) is 2.04. The number of Topliss-reactive ketones (excluding diaryl/α,β-unsaturated/α-hetero) is 3. The van der Waals surface area contributed by atoms with Gasteiger partial charge in [-0.15, -0.1) is 0 Å². The zero-order chi connectivity index (χ0) is 17.0. The highest BCUT2D eigenvalue weighted by Gasteiger charge is 2.11. The number of aliphatic hydroxyl groups is 1. The lowest BCUT2D eigenvalue weighted by molar-refractivity contribution is -0.118. The summed E-state index contributed by atoms with van der Waals surface area (Å²) < 4.78 is 0. The first kappa shape index (κ1) is 20.9. The zero-order valence-corrected chi connectivity index (χ0v) is 14.1. The van der Waals surface area contributed by atoms with Crippen LogP contribution in [0.4, 0.5) is 0 Å². The lowest BCUT2D eigenvalue weighted by Crippen LogP contribution is -2.39. The number of carbonyl (C=O) groups excluding carboxylic acids is 3. The number of aliphatic hydroxyl groups excluding tert-OH is 1. The van der Waals surface area contributed by atoms with Gasteiger partial charge in [-0.3, -0.25) is 19.3 Å². The molecule has 1 N–H and O–H groups in total. The number of rotatable bonds is 14. The molecule has 0 radical (unpaired) electrons. The quantitative estimate of drug-likeness (QED) is 0.504. The van der Waals surface area contributed by atoms with Crippen molar-refractivity contribution in [3.63, 3.8) is 0 Å². The summed E-state index contributed by atoms with van der Waals surface area (Å²) in [5, 5.41) is 9.09. The molecular weight excluding hydrogens is 284 g/mol. The van der Waals surface area contributed by atoms with Crippen molar-refractivity contribution in [2.45, 2.75) is 40.0 Å². The molecule has 6 heteroatoms. The van der Waals surface area contributed by atoms with Gasteiger partial charge in [0.25, 0.3) is 0 Å². The van der Waals surface area contributed by atoms with Crippen LogP contribution in [0, 0.1) is 0 Å². The summed E-state index contributed by atoms with van der Waals surface area (Å²) in [6.07, 6.45) is 1.43. The van der Waals surface area contributed by atoms with Gasteiger partial charge in [-0.2, -0.15) is 0 Å². The maximum Gasteiger partial charge on any atom is 0.131 e. The minimum atomic E-state index is 0.0544. The van der Waals surface area contributed by atoms with E-state index in [1.54, 1.807) is 20.8 Å². The fourth-order valence-electron chi connectivity index (χ4n) is 2.04. The lowest BCUT2D eigenvalue weighted by Gasteiger charge is -2.26. The first-order valence-electron chi connectivity index (χ1n) is 7.89. The third-order valence-electron chi connectivity index (χ3n) is 3.49. The Hall–Kier alpha value is -1.11. The van der Waals surface area contributed by atoms with Gasteiger partial charge < -0.3 is 10.0 Å². The molecule has 0 aromatic heterocycles. The summed E-state index contributed by atoms with van der Waals surface area (Å²) in [5.74, 6) is 0.404. The van der Waals surface area contributed by atoms with Crippen LogP contribution in [-0.2, 0) is 14.4 Å². The number of carbonyl (C=O) groups is 3. The Bertz CT molecular complexity index is 340. The van der Waals surface area contributed by atoms with Crippen molar-refractivity contribution >= 4 is 17.3 Å². The van der Waals surface area contributed by atoms with E-state index >= 15 is 0 Å². The molecule has 0 amide bonds. The molecule has 0 bridgehead atoms. The predicted octanol–water partition coefficient (Wildman–Crippen LogP) is 0.520. The zero-order valence-electron chi connectivity index (χ0n) is 14.1. The number of ketones is 3. The van der Waals surface area contributed by atoms with Gasteiger partial charge in [-0.1, -0.05) is 0 Å². The van der Waals surface area contributed by atoms with Crippen LogP contribution in [0.2, 0.25) is 0 Å². The molecule has 0 aromatic carbocycles. The molecule has 0 aliphatic heterocycles. The van der Waals surface area contributed by atoms with Crippen LogP contribution in [0.15, 0.2) is 0 Å². The minimum Gasteiger partial charge on any atom is -0.395 e. The molecule has 128 valence electrons. The highest BCUT2D eigenvalue weighted by molar-refractivity contribution is 5.76.